The van der Waals surface area contributed by atoms with Crippen LogP contribution in [0.25, 0.3) is 0 Å². The number of likely N-dealkylation sites (tertiary alicyclic amines) is 1. The molecule has 0 bridgehead atoms. The standard InChI is InChI=1S/C16H30N4O4/c1-16(2,24-4)15(23)20(9-11(17)10-21)8-7-12-5-6-13(14(18)22)19(12)3/h10-13H,5-9,17H2,1-4H3,(H2,18,22). The molecular weight excluding hydrogens is 312 g/mol. The van der Waals surface area contributed by atoms with Crippen LogP contribution in [-0.2, 0) is 19.1 Å². The highest BCUT2D eigenvalue weighted by Gasteiger charge is 2.36. The first-order valence-corrected chi connectivity index (χ1v) is 8.20. The van der Waals surface area contributed by atoms with Gasteiger partial charge in [0.25, 0.3) is 5.91 Å². The number of methoxy groups -OCH3 is 1. The molecule has 1 rings (SSSR count). The number of aldehydes is 1. The second kappa shape index (κ2) is 8.55. The van der Waals surface area contributed by atoms with E-state index in [0.29, 0.717) is 19.3 Å². The lowest BCUT2D eigenvalue weighted by molar-refractivity contribution is -0.151. The van der Waals surface area contributed by atoms with Crippen molar-refractivity contribution in [1.82, 2.24) is 9.80 Å². The van der Waals surface area contributed by atoms with Crippen LogP contribution in [0.2, 0.25) is 0 Å². The Morgan fingerprint density at radius 2 is 2.04 bits per heavy atom. The fourth-order valence-electron chi connectivity index (χ4n) is 3.05. The molecule has 0 aliphatic carbocycles. The second-order valence-corrected chi connectivity index (χ2v) is 6.87. The van der Waals surface area contributed by atoms with E-state index >= 15 is 0 Å². The first-order chi connectivity index (χ1) is 11.1. The second-order valence-electron chi connectivity index (χ2n) is 6.87. The van der Waals surface area contributed by atoms with Crippen molar-refractivity contribution in [2.45, 2.75) is 56.8 Å². The number of carbonyl (C=O) groups excluding carboxylic acids is 3. The van der Waals surface area contributed by atoms with Crippen molar-refractivity contribution in [2.75, 3.05) is 27.2 Å². The minimum absolute atomic E-state index is 0.144. The number of primary amides is 1. The van der Waals surface area contributed by atoms with Gasteiger partial charge in [0.1, 0.15) is 11.9 Å². The van der Waals surface area contributed by atoms with E-state index in [2.05, 4.69) is 0 Å². The lowest BCUT2D eigenvalue weighted by atomic mass is 10.1. The number of hydrogen-bond acceptors (Lipinski definition) is 6. The fourth-order valence-corrected chi connectivity index (χ4v) is 3.05. The third kappa shape index (κ3) is 4.99. The molecule has 0 aromatic rings. The van der Waals surface area contributed by atoms with E-state index in [1.807, 2.05) is 11.9 Å². The van der Waals surface area contributed by atoms with Crippen molar-refractivity contribution in [3.8, 4) is 0 Å². The summed E-state index contributed by atoms with van der Waals surface area (Å²) in [7, 11) is 3.34. The largest absolute Gasteiger partial charge is 0.369 e. The van der Waals surface area contributed by atoms with Crippen LogP contribution < -0.4 is 11.5 Å². The first kappa shape index (κ1) is 20.5. The van der Waals surface area contributed by atoms with E-state index in [0.717, 1.165) is 12.8 Å². The molecule has 0 aromatic heterocycles. The van der Waals surface area contributed by atoms with Crippen molar-refractivity contribution in [3.05, 3.63) is 0 Å². The Bertz CT molecular complexity index is 469. The van der Waals surface area contributed by atoms with Crippen LogP contribution in [0.4, 0.5) is 0 Å². The molecular formula is C16H30N4O4. The maximum atomic E-state index is 12.6. The molecule has 1 saturated heterocycles. The van der Waals surface area contributed by atoms with Gasteiger partial charge in [-0.1, -0.05) is 0 Å². The highest BCUT2D eigenvalue weighted by molar-refractivity contribution is 5.84. The van der Waals surface area contributed by atoms with Gasteiger partial charge in [0.2, 0.25) is 5.91 Å². The topological polar surface area (TPSA) is 119 Å². The van der Waals surface area contributed by atoms with Crippen molar-refractivity contribution in [3.63, 3.8) is 0 Å². The highest BCUT2D eigenvalue weighted by atomic mass is 16.5. The van der Waals surface area contributed by atoms with Crippen LogP contribution >= 0.6 is 0 Å². The minimum Gasteiger partial charge on any atom is -0.369 e. The van der Waals surface area contributed by atoms with E-state index in [4.69, 9.17) is 16.2 Å². The SMILES string of the molecule is COC(C)(C)C(=O)N(CCC1CCC(C(N)=O)N1C)CC(N)C=O. The summed E-state index contributed by atoms with van der Waals surface area (Å²) in [5, 5.41) is 0. The summed E-state index contributed by atoms with van der Waals surface area (Å²) < 4.78 is 5.25. The Balaban J connectivity index is 2.74. The maximum Gasteiger partial charge on any atom is 0.254 e. The molecule has 1 aliphatic rings. The summed E-state index contributed by atoms with van der Waals surface area (Å²) in [5.74, 6) is -0.536. The van der Waals surface area contributed by atoms with Crippen molar-refractivity contribution in [1.29, 1.82) is 0 Å². The lowest BCUT2D eigenvalue weighted by Gasteiger charge is -2.33. The maximum absolute atomic E-state index is 12.6. The van der Waals surface area contributed by atoms with Gasteiger partial charge in [-0.3, -0.25) is 14.5 Å². The number of rotatable bonds is 9. The van der Waals surface area contributed by atoms with Gasteiger partial charge in [-0.15, -0.1) is 0 Å². The van der Waals surface area contributed by atoms with Crippen LogP contribution in [0.1, 0.15) is 33.1 Å². The molecule has 1 heterocycles. The summed E-state index contributed by atoms with van der Waals surface area (Å²) in [5.41, 5.74) is 10.1. The van der Waals surface area contributed by atoms with Crippen LogP contribution in [0, 0.1) is 0 Å². The normalized spacial score (nSPS) is 23.0. The molecule has 1 fully saturated rings. The Hall–Kier alpha value is -1.51. The van der Waals surface area contributed by atoms with Gasteiger partial charge < -0.3 is 25.9 Å². The number of amides is 2. The first-order valence-electron chi connectivity index (χ1n) is 8.20. The van der Waals surface area contributed by atoms with Crippen LogP contribution in [0.3, 0.4) is 0 Å². The molecule has 0 radical (unpaired) electrons. The lowest BCUT2D eigenvalue weighted by Crippen LogP contribution is -2.51. The molecule has 3 unspecified atom stereocenters. The minimum atomic E-state index is -0.986. The third-order valence-corrected chi connectivity index (χ3v) is 4.82. The smallest absolute Gasteiger partial charge is 0.254 e. The molecule has 0 aromatic carbocycles. The number of hydrogen-bond donors (Lipinski definition) is 2. The fraction of sp³-hybridized carbons (Fsp3) is 0.812. The Morgan fingerprint density at radius 3 is 2.50 bits per heavy atom. The predicted octanol–water partition coefficient (Wildman–Crippen LogP) is -0.896. The van der Waals surface area contributed by atoms with Gasteiger partial charge in [-0.05, 0) is 40.2 Å². The van der Waals surface area contributed by atoms with Gasteiger partial charge in [0, 0.05) is 26.2 Å². The number of nitrogens with zero attached hydrogens (tertiary/aromatic N) is 2. The number of nitrogens with two attached hydrogens (primary N) is 2. The number of ether oxygens (including phenoxy) is 1. The Morgan fingerprint density at radius 1 is 1.42 bits per heavy atom. The van der Waals surface area contributed by atoms with Gasteiger partial charge in [0.05, 0.1) is 12.1 Å². The molecule has 2 amide bonds. The molecule has 8 heteroatoms. The van der Waals surface area contributed by atoms with Crippen LogP contribution in [-0.4, -0.2) is 78.9 Å². The average Bonchev–Trinajstić information content (AvgIpc) is 2.91. The third-order valence-electron chi connectivity index (χ3n) is 4.82. The zero-order chi connectivity index (χ0) is 18.5. The molecule has 1 aliphatic heterocycles. The van der Waals surface area contributed by atoms with E-state index in [1.54, 1.807) is 18.7 Å². The summed E-state index contributed by atoms with van der Waals surface area (Å²) in [4.78, 5) is 38.4. The summed E-state index contributed by atoms with van der Waals surface area (Å²) >= 11 is 0. The molecule has 0 saturated carbocycles. The van der Waals surface area contributed by atoms with E-state index in [1.165, 1.54) is 7.11 Å². The summed E-state index contributed by atoms with van der Waals surface area (Å²) in [6.07, 6.45) is 2.88. The molecule has 4 N–H and O–H groups in total. The van der Waals surface area contributed by atoms with Crippen LogP contribution in [0.15, 0.2) is 0 Å². The molecule has 138 valence electrons. The zero-order valence-corrected chi connectivity index (χ0v) is 15.0. The zero-order valence-electron chi connectivity index (χ0n) is 15.0. The average molecular weight is 342 g/mol. The molecule has 0 spiro atoms. The predicted molar refractivity (Wildman–Crippen MR) is 90.1 cm³/mol. The quantitative estimate of drug-likeness (QED) is 0.524. The monoisotopic (exact) mass is 342 g/mol. The van der Waals surface area contributed by atoms with E-state index in [-0.39, 0.29) is 30.4 Å². The van der Waals surface area contributed by atoms with Gasteiger partial charge in [-0.2, -0.15) is 0 Å². The highest BCUT2D eigenvalue weighted by Crippen LogP contribution is 2.25. The summed E-state index contributed by atoms with van der Waals surface area (Å²) in [6, 6.07) is -0.830. The van der Waals surface area contributed by atoms with Gasteiger partial charge >= 0.3 is 0 Å². The molecule has 3 atom stereocenters. The molecule has 8 nitrogen and oxygen atoms in total. The molecule has 24 heavy (non-hydrogen) atoms. The summed E-state index contributed by atoms with van der Waals surface area (Å²) in [6.45, 7) is 3.94. The number of likely N-dealkylation sites (N-methyl/N-ethyl adjacent to an activating group) is 1. The van der Waals surface area contributed by atoms with Crippen molar-refractivity contribution >= 4 is 18.1 Å². The van der Waals surface area contributed by atoms with Gasteiger partial charge in [0.15, 0.2) is 0 Å². The van der Waals surface area contributed by atoms with E-state index < -0.39 is 11.6 Å². The Kier molecular flexibility index (Phi) is 7.31. The number of carbonyl (C=O) groups is 3. The van der Waals surface area contributed by atoms with Crippen molar-refractivity contribution < 1.29 is 19.1 Å². The van der Waals surface area contributed by atoms with Crippen LogP contribution in [0.5, 0.6) is 0 Å². The van der Waals surface area contributed by atoms with Crippen molar-refractivity contribution in [2.24, 2.45) is 11.5 Å². The Labute approximate surface area is 143 Å². The van der Waals surface area contributed by atoms with E-state index in [9.17, 15) is 14.4 Å². The van der Waals surface area contributed by atoms with Gasteiger partial charge in [-0.25, -0.2) is 0 Å².